The maximum Gasteiger partial charge on any atom is 0.237 e. The van der Waals surface area contributed by atoms with Crippen LogP contribution in [0.1, 0.15) is 25.7 Å². The minimum absolute atomic E-state index is 0.107. The fourth-order valence-electron chi connectivity index (χ4n) is 4.53. The van der Waals surface area contributed by atoms with E-state index in [1.807, 2.05) is 18.3 Å². The summed E-state index contributed by atoms with van der Waals surface area (Å²) >= 11 is 0. The molecule has 1 aromatic heterocycles. The number of carbonyl (C=O) groups excluding carboxylic acids is 1. The second kappa shape index (κ2) is 8.15. The smallest absolute Gasteiger partial charge is 0.237 e. The van der Waals surface area contributed by atoms with E-state index < -0.39 is 0 Å². The number of hydrogen-bond acceptors (Lipinski definition) is 5. The summed E-state index contributed by atoms with van der Waals surface area (Å²) in [5, 5.41) is 10.4. The Kier molecular flexibility index (Phi) is 5.45. The van der Waals surface area contributed by atoms with Gasteiger partial charge >= 0.3 is 0 Å². The number of pyridine rings is 1. The van der Waals surface area contributed by atoms with Gasteiger partial charge in [-0.3, -0.25) is 14.7 Å². The number of anilines is 1. The molecule has 0 bridgehead atoms. The summed E-state index contributed by atoms with van der Waals surface area (Å²) in [6.45, 7) is 2.99. The minimum Gasteiger partial charge on any atom is -0.371 e. The average molecular weight is 377 g/mol. The predicted octanol–water partition coefficient (Wildman–Crippen LogP) is 2.65. The molecule has 2 aromatic rings. The lowest BCUT2D eigenvalue weighted by Crippen LogP contribution is -2.48. The number of likely N-dealkylation sites (tertiary alicyclic amines) is 2. The molecule has 0 saturated carbocycles. The Bertz CT molecular complexity index is 879. The molecule has 28 heavy (non-hydrogen) atoms. The van der Waals surface area contributed by atoms with Crippen molar-refractivity contribution in [3.63, 3.8) is 0 Å². The Morgan fingerprint density at radius 2 is 2.00 bits per heavy atom. The van der Waals surface area contributed by atoms with Crippen LogP contribution < -0.4 is 4.90 Å². The lowest BCUT2D eigenvalue weighted by molar-refractivity contribution is -0.132. The monoisotopic (exact) mass is 377 g/mol. The van der Waals surface area contributed by atoms with Gasteiger partial charge in [-0.25, -0.2) is 0 Å². The fourth-order valence-corrected chi connectivity index (χ4v) is 4.53. The normalized spacial score (nSPS) is 21.0. The lowest BCUT2D eigenvalue weighted by Gasteiger charge is -2.38. The molecule has 2 saturated heterocycles. The predicted molar refractivity (Wildman–Crippen MR) is 110 cm³/mol. The molecule has 6 nitrogen and oxygen atoms in total. The third kappa shape index (κ3) is 3.67. The Morgan fingerprint density at radius 1 is 1.21 bits per heavy atom. The van der Waals surface area contributed by atoms with E-state index in [0.717, 1.165) is 50.8 Å². The lowest BCUT2D eigenvalue weighted by atomic mass is 10.0. The minimum atomic E-state index is -0.226. The second-order valence-electron chi connectivity index (χ2n) is 7.84. The van der Waals surface area contributed by atoms with Crippen LogP contribution in [0.2, 0.25) is 0 Å². The van der Waals surface area contributed by atoms with E-state index in [9.17, 15) is 10.1 Å². The topological polar surface area (TPSA) is 63.5 Å². The number of nitrogens with zero attached hydrogens (tertiary/aromatic N) is 5. The highest BCUT2D eigenvalue weighted by Gasteiger charge is 2.31. The number of nitriles is 1. The zero-order chi connectivity index (χ0) is 19.5. The molecule has 0 radical (unpaired) electrons. The van der Waals surface area contributed by atoms with Gasteiger partial charge in [0.1, 0.15) is 6.04 Å². The zero-order valence-electron chi connectivity index (χ0n) is 16.4. The van der Waals surface area contributed by atoms with Crippen LogP contribution in [-0.4, -0.2) is 66.0 Å². The van der Waals surface area contributed by atoms with Gasteiger partial charge in [-0.05, 0) is 37.8 Å². The first-order valence-electron chi connectivity index (χ1n) is 10.2. The molecule has 1 amide bonds. The summed E-state index contributed by atoms with van der Waals surface area (Å²) in [6, 6.07) is 12.8. The van der Waals surface area contributed by atoms with Crippen molar-refractivity contribution in [2.75, 3.05) is 38.1 Å². The third-order valence-corrected chi connectivity index (χ3v) is 6.19. The van der Waals surface area contributed by atoms with E-state index in [4.69, 9.17) is 0 Å². The first-order valence-corrected chi connectivity index (χ1v) is 10.2. The molecule has 0 N–H and O–H groups in total. The number of carbonyl (C=O) groups is 1. The van der Waals surface area contributed by atoms with Crippen LogP contribution >= 0.6 is 0 Å². The molecular formula is C22H27N5O. The van der Waals surface area contributed by atoms with Crippen LogP contribution in [0, 0.1) is 11.3 Å². The number of amides is 1. The van der Waals surface area contributed by atoms with E-state index in [1.165, 1.54) is 11.1 Å². The van der Waals surface area contributed by atoms with Crippen molar-refractivity contribution in [2.45, 2.75) is 37.8 Å². The molecule has 1 atom stereocenters. The van der Waals surface area contributed by atoms with Crippen LogP contribution in [0.4, 0.5) is 5.69 Å². The average Bonchev–Trinajstić information content (AvgIpc) is 3.22. The third-order valence-electron chi connectivity index (χ3n) is 6.19. The zero-order valence-corrected chi connectivity index (χ0v) is 16.4. The standard InChI is InChI=1S/C22H27N5O/c1-25(21-8-11-24-20-7-3-2-6-19(20)21)17-9-13-26(14-10-17)16-22(28)27-12-4-5-18(27)15-23/h2-3,6-8,11,17-18H,4-5,9-10,12-14,16H2,1H3. The van der Waals surface area contributed by atoms with Crippen molar-refractivity contribution >= 4 is 22.5 Å². The van der Waals surface area contributed by atoms with Gasteiger partial charge in [0.25, 0.3) is 0 Å². The Labute approximate surface area is 166 Å². The van der Waals surface area contributed by atoms with Crippen molar-refractivity contribution in [3.05, 3.63) is 36.5 Å². The number of piperidine rings is 1. The maximum atomic E-state index is 12.6. The van der Waals surface area contributed by atoms with Crippen LogP contribution in [0.15, 0.2) is 36.5 Å². The number of para-hydroxylation sites is 1. The second-order valence-corrected chi connectivity index (χ2v) is 7.84. The van der Waals surface area contributed by atoms with Crippen LogP contribution in [0.25, 0.3) is 10.9 Å². The van der Waals surface area contributed by atoms with Crippen LogP contribution in [0.3, 0.4) is 0 Å². The Morgan fingerprint density at radius 3 is 2.79 bits per heavy atom. The molecule has 6 heteroatoms. The molecule has 1 unspecified atom stereocenters. The Hall–Kier alpha value is -2.65. The molecule has 2 aliphatic rings. The molecule has 1 aromatic carbocycles. The number of aromatic nitrogens is 1. The molecule has 0 aliphatic carbocycles. The highest BCUT2D eigenvalue weighted by atomic mass is 16.2. The van der Waals surface area contributed by atoms with Gasteiger partial charge in [0.2, 0.25) is 5.91 Å². The van der Waals surface area contributed by atoms with Gasteiger partial charge in [0.15, 0.2) is 0 Å². The molecule has 4 rings (SSSR count). The summed E-state index contributed by atoms with van der Waals surface area (Å²) in [5.74, 6) is 0.107. The first kappa shape index (κ1) is 18.7. The van der Waals surface area contributed by atoms with Gasteiger partial charge < -0.3 is 9.80 Å². The van der Waals surface area contributed by atoms with Gasteiger partial charge in [-0.1, -0.05) is 18.2 Å². The quantitative estimate of drug-likeness (QED) is 0.820. The number of hydrogen-bond donors (Lipinski definition) is 0. The van der Waals surface area contributed by atoms with E-state index in [-0.39, 0.29) is 11.9 Å². The van der Waals surface area contributed by atoms with Crippen LogP contribution in [0.5, 0.6) is 0 Å². The molecule has 3 heterocycles. The van der Waals surface area contributed by atoms with Crippen molar-refractivity contribution in [1.29, 1.82) is 5.26 Å². The van der Waals surface area contributed by atoms with Crippen molar-refractivity contribution in [3.8, 4) is 6.07 Å². The number of rotatable bonds is 4. The van der Waals surface area contributed by atoms with Crippen LogP contribution in [-0.2, 0) is 4.79 Å². The van der Waals surface area contributed by atoms with E-state index in [2.05, 4.69) is 46.1 Å². The number of fused-ring (bicyclic) bond motifs is 1. The molecule has 2 fully saturated rings. The maximum absolute atomic E-state index is 12.6. The first-order chi connectivity index (χ1) is 13.7. The van der Waals surface area contributed by atoms with E-state index >= 15 is 0 Å². The van der Waals surface area contributed by atoms with Crippen molar-refractivity contribution in [1.82, 2.24) is 14.8 Å². The molecule has 0 spiro atoms. The van der Waals surface area contributed by atoms with Crippen molar-refractivity contribution < 1.29 is 4.79 Å². The number of benzene rings is 1. The van der Waals surface area contributed by atoms with E-state index in [1.54, 1.807) is 4.90 Å². The Balaban J connectivity index is 1.36. The molecule has 146 valence electrons. The van der Waals surface area contributed by atoms with Crippen molar-refractivity contribution in [2.24, 2.45) is 0 Å². The highest BCUT2D eigenvalue weighted by Crippen LogP contribution is 2.28. The largest absolute Gasteiger partial charge is 0.371 e. The van der Waals surface area contributed by atoms with Gasteiger partial charge in [-0.2, -0.15) is 5.26 Å². The molecular weight excluding hydrogens is 350 g/mol. The summed E-state index contributed by atoms with van der Waals surface area (Å²) < 4.78 is 0. The summed E-state index contributed by atoms with van der Waals surface area (Å²) in [4.78, 5) is 23.4. The van der Waals surface area contributed by atoms with Gasteiger partial charge in [0, 0.05) is 50.0 Å². The molecule has 2 aliphatic heterocycles. The summed E-state index contributed by atoms with van der Waals surface area (Å²) in [7, 11) is 2.16. The SMILES string of the molecule is CN(c1ccnc2ccccc12)C1CCN(CC(=O)N2CCCC2C#N)CC1. The highest BCUT2D eigenvalue weighted by molar-refractivity contribution is 5.91. The van der Waals surface area contributed by atoms with E-state index in [0.29, 0.717) is 12.6 Å². The summed E-state index contributed by atoms with van der Waals surface area (Å²) in [6.07, 6.45) is 5.69. The summed E-state index contributed by atoms with van der Waals surface area (Å²) in [5.41, 5.74) is 2.24. The van der Waals surface area contributed by atoms with Gasteiger partial charge in [-0.15, -0.1) is 0 Å². The fraction of sp³-hybridized carbons (Fsp3) is 0.500. The van der Waals surface area contributed by atoms with Gasteiger partial charge in [0.05, 0.1) is 18.1 Å².